The summed E-state index contributed by atoms with van der Waals surface area (Å²) in [5.41, 5.74) is 0.956. The van der Waals surface area contributed by atoms with Crippen LogP contribution in [0.1, 0.15) is 24.1 Å². The minimum atomic E-state index is -5.08. The molecule has 9 heteroatoms. The molecule has 0 aliphatic carbocycles. The highest BCUT2D eigenvalue weighted by Gasteiger charge is 2.38. The minimum absolute atomic E-state index is 0.237. The third-order valence-electron chi connectivity index (χ3n) is 4.48. The summed E-state index contributed by atoms with van der Waals surface area (Å²) in [5, 5.41) is 27.7. The summed E-state index contributed by atoms with van der Waals surface area (Å²) >= 11 is 0. The molecule has 1 aromatic carbocycles. The topological polar surface area (TPSA) is 93.9 Å². The second kappa shape index (κ2) is 9.03. The second-order valence-electron chi connectivity index (χ2n) is 6.45. The van der Waals surface area contributed by atoms with Gasteiger partial charge in [-0.05, 0) is 30.5 Å². The van der Waals surface area contributed by atoms with E-state index < -0.39 is 17.7 Å². The van der Waals surface area contributed by atoms with E-state index in [2.05, 4.69) is 9.88 Å². The summed E-state index contributed by atoms with van der Waals surface area (Å²) in [5.74, 6) is -2.52. The van der Waals surface area contributed by atoms with Gasteiger partial charge >= 0.3 is 12.1 Å². The molecule has 0 amide bonds. The van der Waals surface area contributed by atoms with Gasteiger partial charge in [-0.25, -0.2) is 4.79 Å². The maximum Gasteiger partial charge on any atom is 0.490 e. The quantitative estimate of drug-likeness (QED) is 0.736. The number of hydrogen-bond acceptors (Lipinski definition) is 5. The Morgan fingerprint density at radius 3 is 2.18 bits per heavy atom. The van der Waals surface area contributed by atoms with Crippen LogP contribution in [0.5, 0.6) is 5.75 Å². The van der Waals surface area contributed by atoms with E-state index in [1.807, 2.05) is 30.3 Å². The van der Waals surface area contributed by atoms with Gasteiger partial charge in [0, 0.05) is 25.8 Å². The number of aliphatic carboxylic acids is 1. The van der Waals surface area contributed by atoms with Crippen molar-refractivity contribution in [1.29, 1.82) is 0 Å². The predicted molar refractivity (Wildman–Crippen MR) is 94.4 cm³/mol. The third kappa shape index (κ3) is 5.93. The predicted octanol–water partition coefficient (Wildman–Crippen LogP) is 2.90. The molecule has 1 fully saturated rings. The fourth-order valence-corrected chi connectivity index (χ4v) is 2.88. The van der Waals surface area contributed by atoms with E-state index in [0.717, 1.165) is 18.7 Å². The molecule has 1 aliphatic rings. The van der Waals surface area contributed by atoms with Gasteiger partial charge in [0.05, 0.1) is 11.3 Å². The van der Waals surface area contributed by atoms with E-state index in [9.17, 15) is 23.4 Å². The van der Waals surface area contributed by atoms with Crippen molar-refractivity contribution in [2.75, 3.05) is 13.1 Å². The summed E-state index contributed by atoms with van der Waals surface area (Å²) in [7, 11) is 0. The van der Waals surface area contributed by atoms with Crippen LogP contribution in [0.2, 0.25) is 0 Å². The van der Waals surface area contributed by atoms with Gasteiger partial charge < -0.3 is 15.3 Å². The van der Waals surface area contributed by atoms with Crippen molar-refractivity contribution in [1.82, 2.24) is 9.88 Å². The van der Waals surface area contributed by atoms with Gasteiger partial charge in [0.2, 0.25) is 0 Å². The van der Waals surface area contributed by atoms with Crippen molar-refractivity contribution >= 4 is 5.97 Å². The van der Waals surface area contributed by atoms with Gasteiger partial charge in [-0.2, -0.15) is 13.2 Å². The SMILES string of the molecule is O=C(O)C(F)(F)F.Oc1cccnc1CN1CCC(O)(c2ccccc2)CC1. The number of aromatic nitrogens is 1. The highest BCUT2D eigenvalue weighted by Crippen LogP contribution is 2.33. The Hall–Kier alpha value is -2.65. The first-order valence-electron chi connectivity index (χ1n) is 8.55. The lowest BCUT2D eigenvalue weighted by Crippen LogP contribution is -2.42. The first kappa shape index (κ1) is 21.6. The van der Waals surface area contributed by atoms with E-state index in [0.29, 0.717) is 25.1 Å². The molecule has 3 N–H and O–H groups in total. The molecular formula is C19H21F3N2O4. The number of alkyl halides is 3. The third-order valence-corrected chi connectivity index (χ3v) is 4.48. The van der Waals surface area contributed by atoms with Crippen LogP contribution in [0.3, 0.4) is 0 Å². The number of benzene rings is 1. The fourth-order valence-electron chi connectivity index (χ4n) is 2.88. The number of rotatable bonds is 3. The van der Waals surface area contributed by atoms with Gasteiger partial charge in [0.25, 0.3) is 0 Å². The lowest BCUT2D eigenvalue weighted by molar-refractivity contribution is -0.192. The van der Waals surface area contributed by atoms with E-state index in [1.165, 1.54) is 0 Å². The number of aromatic hydroxyl groups is 1. The number of carboxylic acid groups (broad SMARTS) is 1. The molecular weight excluding hydrogens is 377 g/mol. The molecule has 3 rings (SSSR count). The van der Waals surface area contributed by atoms with Gasteiger partial charge in [0.15, 0.2) is 0 Å². The van der Waals surface area contributed by atoms with E-state index in [1.54, 1.807) is 18.3 Å². The first-order valence-corrected chi connectivity index (χ1v) is 8.55. The summed E-state index contributed by atoms with van der Waals surface area (Å²) in [6.45, 7) is 2.21. The monoisotopic (exact) mass is 398 g/mol. The number of aliphatic hydroxyl groups is 1. The second-order valence-corrected chi connectivity index (χ2v) is 6.45. The standard InChI is InChI=1S/C17H20N2O2.C2HF3O2/c20-16-7-4-10-18-15(16)13-19-11-8-17(21,9-12-19)14-5-2-1-3-6-14;3-2(4,5)1(6)7/h1-7,10,20-21H,8-9,11-13H2;(H,6,7). The summed E-state index contributed by atoms with van der Waals surface area (Å²) in [4.78, 5) is 15.3. The van der Waals surface area contributed by atoms with Gasteiger partial charge in [-0.3, -0.25) is 9.88 Å². The zero-order valence-electron chi connectivity index (χ0n) is 14.9. The molecule has 2 heterocycles. The van der Waals surface area contributed by atoms with E-state index >= 15 is 0 Å². The Labute approximate surface area is 159 Å². The van der Waals surface area contributed by atoms with Crippen LogP contribution < -0.4 is 0 Å². The lowest BCUT2D eigenvalue weighted by Gasteiger charge is -2.38. The van der Waals surface area contributed by atoms with Crippen molar-refractivity contribution < 1.29 is 33.3 Å². The van der Waals surface area contributed by atoms with Crippen LogP contribution >= 0.6 is 0 Å². The van der Waals surface area contributed by atoms with E-state index in [-0.39, 0.29) is 5.75 Å². The van der Waals surface area contributed by atoms with Gasteiger partial charge in [0.1, 0.15) is 5.75 Å². The molecule has 0 bridgehead atoms. The number of pyridine rings is 1. The molecule has 1 aromatic heterocycles. The van der Waals surface area contributed by atoms with Crippen molar-refractivity contribution in [3.8, 4) is 5.75 Å². The number of likely N-dealkylation sites (tertiary alicyclic amines) is 1. The molecule has 0 unspecified atom stereocenters. The molecule has 0 spiro atoms. The fraction of sp³-hybridized carbons (Fsp3) is 0.368. The Morgan fingerprint density at radius 2 is 1.68 bits per heavy atom. The first-order chi connectivity index (χ1) is 13.1. The molecule has 28 heavy (non-hydrogen) atoms. The van der Waals surface area contributed by atoms with Crippen molar-refractivity contribution in [2.24, 2.45) is 0 Å². The average molecular weight is 398 g/mol. The Morgan fingerprint density at radius 1 is 1.11 bits per heavy atom. The molecule has 6 nitrogen and oxygen atoms in total. The molecule has 0 saturated carbocycles. The zero-order valence-corrected chi connectivity index (χ0v) is 14.9. The molecule has 1 saturated heterocycles. The summed E-state index contributed by atoms with van der Waals surface area (Å²) < 4.78 is 31.7. The average Bonchev–Trinajstić information content (AvgIpc) is 2.66. The Balaban J connectivity index is 0.000000345. The van der Waals surface area contributed by atoms with Gasteiger partial charge in [-0.15, -0.1) is 0 Å². The van der Waals surface area contributed by atoms with Crippen LogP contribution in [0.25, 0.3) is 0 Å². The number of halogens is 3. The highest BCUT2D eigenvalue weighted by atomic mass is 19.4. The zero-order chi connectivity index (χ0) is 20.8. The van der Waals surface area contributed by atoms with Crippen LogP contribution in [0, 0.1) is 0 Å². The maximum atomic E-state index is 10.8. The van der Waals surface area contributed by atoms with Crippen LogP contribution in [0.15, 0.2) is 48.7 Å². The van der Waals surface area contributed by atoms with Crippen LogP contribution in [-0.2, 0) is 16.9 Å². The number of piperidine rings is 1. The van der Waals surface area contributed by atoms with Crippen molar-refractivity contribution in [3.63, 3.8) is 0 Å². The number of hydrogen-bond donors (Lipinski definition) is 3. The smallest absolute Gasteiger partial charge is 0.490 e. The van der Waals surface area contributed by atoms with Crippen LogP contribution in [-0.4, -0.2) is 50.4 Å². The Bertz CT molecular complexity index is 776. The summed E-state index contributed by atoms with van der Waals surface area (Å²) in [6, 6.07) is 13.2. The normalized spacial score (nSPS) is 16.7. The Kier molecular flexibility index (Phi) is 6.98. The van der Waals surface area contributed by atoms with Crippen molar-refractivity contribution in [2.45, 2.75) is 31.2 Å². The molecule has 1 aliphatic heterocycles. The highest BCUT2D eigenvalue weighted by molar-refractivity contribution is 5.73. The molecule has 0 atom stereocenters. The van der Waals surface area contributed by atoms with Gasteiger partial charge in [-0.1, -0.05) is 30.3 Å². The molecule has 2 aromatic rings. The molecule has 0 radical (unpaired) electrons. The lowest BCUT2D eigenvalue weighted by atomic mass is 9.84. The van der Waals surface area contributed by atoms with Crippen molar-refractivity contribution in [3.05, 3.63) is 59.9 Å². The minimum Gasteiger partial charge on any atom is -0.506 e. The van der Waals surface area contributed by atoms with E-state index in [4.69, 9.17) is 9.90 Å². The number of carbonyl (C=O) groups is 1. The molecule has 152 valence electrons. The van der Waals surface area contributed by atoms with Crippen LogP contribution in [0.4, 0.5) is 13.2 Å². The maximum absolute atomic E-state index is 10.8. The summed E-state index contributed by atoms with van der Waals surface area (Å²) in [6.07, 6.45) is -1.99. The largest absolute Gasteiger partial charge is 0.506 e. The number of nitrogens with zero attached hydrogens (tertiary/aromatic N) is 2. The number of carboxylic acids is 1.